The second-order valence-electron chi connectivity index (χ2n) is 5.54. The molecule has 98 valence electrons. The van der Waals surface area contributed by atoms with E-state index < -0.39 is 0 Å². The number of hydrogen-bond acceptors (Lipinski definition) is 2. The lowest BCUT2D eigenvalue weighted by Crippen LogP contribution is -2.57. The van der Waals surface area contributed by atoms with Crippen molar-refractivity contribution in [1.82, 2.24) is 5.32 Å². The Bertz CT molecular complexity index is 411. The fraction of sp³-hybridized carbons (Fsp3) is 0.600. The summed E-state index contributed by atoms with van der Waals surface area (Å²) in [7, 11) is 0. The Kier molecular flexibility index (Phi) is 3.73. The smallest absolute Gasteiger partial charge is 0.0576 e. The number of nitrogens with one attached hydrogen (secondary N) is 1. The van der Waals surface area contributed by atoms with Crippen LogP contribution in [-0.4, -0.2) is 25.8 Å². The summed E-state index contributed by atoms with van der Waals surface area (Å²) in [6, 6.07) is 8.65. The zero-order valence-corrected chi connectivity index (χ0v) is 12.2. The zero-order chi connectivity index (χ0) is 12.4. The lowest BCUT2D eigenvalue weighted by atomic mass is 9.71. The summed E-state index contributed by atoms with van der Waals surface area (Å²) >= 11 is 3.70. The summed E-state index contributed by atoms with van der Waals surface area (Å²) in [6.07, 6.45) is 5.42. The fourth-order valence-electron chi connectivity index (χ4n) is 3.13. The molecule has 0 radical (unpaired) electrons. The number of benzene rings is 1. The van der Waals surface area contributed by atoms with Gasteiger partial charge in [0.1, 0.15) is 0 Å². The Morgan fingerprint density at radius 2 is 2.17 bits per heavy atom. The van der Waals surface area contributed by atoms with E-state index in [4.69, 9.17) is 4.74 Å². The molecule has 3 rings (SSSR count). The highest BCUT2D eigenvalue weighted by atomic mass is 79.9. The summed E-state index contributed by atoms with van der Waals surface area (Å²) < 4.78 is 7.00. The van der Waals surface area contributed by atoms with E-state index in [1.807, 2.05) is 0 Å². The number of rotatable bonds is 4. The van der Waals surface area contributed by atoms with Gasteiger partial charge in [0.15, 0.2) is 0 Å². The quantitative estimate of drug-likeness (QED) is 0.922. The van der Waals surface area contributed by atoms with Gasteiger partial charge in [-0.05, 0) is 37.3 Å². The van der Waals surface area contributed by atoms with Crippen LogP contribution in [0.15, 0.2) is 28.7 Å². The molecular weight excluding hydrogens is 290 g/mol. The maximum absolute atomic E-state index is 5.75. The van der Waals surface area contributed by atoms with Crippen molar-refractivity contribution in [2.75, 3.05) is 19.7 Å². The van der Waals surface area contributed by atoms with Crippen molar-refractivity contribution in [2.24, 2.45) is 0 Å². The maximum atomic E-state index is 5.75. The largest absolute Gasteiger partial charge is 0.378 e. The second kappa shape index (κ2) is 5.32. The molecule has 2 saturated heterocycles. The van der Waals surface area contributed by atoms with Crippen molar-refractivity contribution >= 4 is 15.9 Å². The van der Waals surface area contributed by atoms with E-state index in [2.05, 4.69) is 45.5 Å². The molecule has 1 aromatic carbocycles. The highest BCUT2D eigenvalue weighted by Gasteiger charge is 2.40. The van der Waals surface area contributed by atoms with Gasteiger partial charge in [-0.15, -0.1) is 0 Å². The van der Waals surface area contributed by atoms with Crippen molar-refractivity contribution < 1.29 is 4.74 Å². The minimum atomic E-state index is 0.325. The third kappa shape index (κ3) is 2.36. The molecule has 1 atom stereocenters. The van der Waals surface area contributed by atoms with Gasteiger partial charge in [-0.1, -0.05) is 34.1 Å². The lowest BCUT2D eigenvalue weighted by molar-refractivity contribution is 0.0899. The fourth-order valence-corrected chi connectivity index (χ4v) is 3.83. The number of halogens is 1. The van der Waals surface area contributed by atoms with Crippen LogP contribution in [0.5, 0.6) is 0 Å². The van der Waals surface area contributed by atoms with Crippen LogP contribution < -0.4 is 5.32 Å². The van der Waals surface area contributed by atoms with Gasteiger partial charge in [-0.25, -0.2) is 0 Å². The topological polar surface area (TPSA) is 21.3 Å². The SMILES string of the molecule is Brc1ccccc1C1(CCC2CCCO2)CNC1. The molecular formula is C15H20BrNO. The molecule has 1 N–H and O–H groups in total. The average molecular weight is 310 g/mol. The van der Waals surface area contributed by atoms with E-state index in [1.54, 1.807) is 0 Å². The third-order valence-corrected chi connectivity index (χ3v) is 5.03. The summed E-state index contributed by atoms with van der Waals surface area (Å²) in [5, 5.41) is 3.44. The summed E-state index contributed by atoms with van der Waals surface area (Å²) in [5.74, 6) is 0. The highest BCUT2D eigenvalue weighted by molar-refractivity contribution is 9.10. The molecule has 3 heteroatoms. The Morgan fingerprint density at radius 1 is 1.33 bits per heavy atom. The molecule has 0 spiro atoms. The van der Waals surface area contributed by atoms with Crippen LogP contribution in [0, 0.1) is 0 Å². The van der Waals surface area contributed by atoms with E-state index >= 15 is 0 Å². The molecule has 2 heterocycles. The molecule has 2 fully saturated rings. The first-order chi connectivity index (χ1) is 8.80. The molecule has 0 bridgehead atoms. The second-order valence-corrected chi connectivity index (χ2v) is 6.39. The van der Waals surface area contributed by atoms with E-state index in [-0.39, 0.29) is 0 Å². The van der Waals surface area contributed by atoms with Crippen LogP contribution in [0.1, 0.15) is 31.2 Å². The van der Waals surface area contributed by atoms with E-state index in [0.717, 1.165) is 19.7 Å². The van der Waals surface area contributed by atoms with Crippen LogP contribution in [0.4, 0.5) is 0 Å². The van der Waals surface area contributed by atoms with E-state index in [1.165, 1.54) is 35.7 Å². The minimum absolute atomic E-state index is 0.325. The van der Waals surface area contributed by atoms with Gasteiger partial charge in [0, 0.05) is 29.6 Å². The van der Waals surface area contributed by atoms with Gasteiger partial charge in [0.05, 0.1) is 6.10 Å². The van der Waals surface area contributed by atoms with Gasteiger partial charge in [0.25, 0.3) is 0 Å². The molecule has 2 nitrogen and oxygen atoms in total. The summed E-state index contributed by atoms with van der Waals surface area (Å²) in [5.41, 5.74) is 1.79. The first-order valence-electron chi connectivity index (χ1n) is 6.87. The third-order valence-electron chi connectivity index (χ3n) is 4.34. The van der Waals surface area contributed by atoms with Crippen LogP contribution in [-0.2, 0) is 10.2 Å². The highest BCUT2D eigenvalue weighted by Crippen LogP contribution is 2.38. The monoisotopic (exact) mass is 309 g/mol. The molecule has 0 aromatic heterocycles. The minimum Gasteiger partial charge on any atom is -0.378 e. The Labute approximate surface area is 117 Å². The van der Waals surface area contributed by atoms with Crippen LogP contribution in [0.2, 0.25) is 0 Å². The molecule has 18 heavy (non-hydrogen) atoms. The van der Waals surface area contributed by atoms with Gasteiger partial charge >= 0.3 is 0 Å². The molecule has 0 saturated carbocycles. The Morgan fingerprint density at radius 3 is 2.78 bits per heavy atom. The van der Waals surface area contributed by atoms with Gasteiger partial charge in [0.2, 0.25) is 0 Å². The molecule has 2 aliphatic heterocycles. The Hall–Kier alpha value is -0.380. The predicted molar refractivity (Wildman–Crippen MR) is 76.9 cm³/mol. The first-order valence-corrected chi connectivity index (χ1v) is 7.67. The predicted octanol–water partition coefficient (Wildman–Crippen LogP) is 3.25. The van der Waals surface area contributed by atoms with Crippen molar-refractivity contribution in [3.63, 3.8) is 0 Å². The van der Waals surface area contributed by atoms with Gasteiger partial charge in [-0.2, -0.15) is 0 Å². The normalized spacial score (nSPS) is 25.9. The van der Waals surface area contributed by atoms with Crippen molar-refractivity contribution in [2.45, 2.75) is 37.2 Å². The van der Waals surface area contributed by atoms with Gasteiger partial charge in [-0.3, -0.25) is 0 Å². The number of ether oxygens (including phenoxy) is 1. The van der Waals surface area contributed by atoms with E-state index in [0.29, 0.717) is 11.5 Å². The first kappa shape index (κ1) is 12.6. The van der Waals surface area contributed by atoms with E-state index in [9.17, 15) is 0 Å². The van der Waals surface area contributed by atoms with Crippen LogP contribution >= 0.6 is 15.9 Å². The summed E-state index contributed by atoms with van der Waals surface area (Å²) in [4.78, 5) is 0. The van der Waals surface area contributed by atoms with Crippen LogP contribution in [0.25, 0.3) is 0 Å². The zero-order valence-electron chi connectivity index (χ0n) is 10.6. The Balaban J connectivity index is 1.71. The van der Waals surface area contributed by atoms with Gasteiger partial charge < -0.3 is 10.1 Å². The van der Waals surface area contributed by atoms with Crippen molar-refractivity contribution in [1.29, 1.82) is 0 Å². The summed E-state index contributed by atoms with van der Waals surface area (Å²) in [6.45, 7) is 3.16. The number of hydrogen-bond donors (Lipinski definition) is 1. The maximum Gasteiger partial charge on any atom is 0.0576 e. The molecule has 1 unspecified atom stereocenters. The molecule has 1 aromatic rings. The average Bonchev–Trinajstić information content (AvgIpc) is 2.83. The lowest BCUT2D eigenvalue weighted by Gasteiger charge is -2.44. The molecule has 0 aliphatic carbocycles. The van der Waals surface area contributed by atoms with Crippen molar-refractivity contribution in [3.05, 3.63) is 34.3 Å². The molecule has 0 amide bonds. The van der Waals surface area contributed by atoms with Crippen LogP contribution in [0.3, 0.4) is 0 Å². The molecule has 2 aliphatic rings. The standard InChI is InChI=1S/C15H20BrNO/c16-14-6-2-1-5-13(14)15(10-17-11-15)8-7-12-4-3-9-18-12/h1-2,5-6,12,17H,3-4,7-11H2. The van der Waals surface area contributed by atoms with Crippen molar-refractivity contribution in [3.8, 4) is 0 Å².